The first kappa shape index (κ1) is 19.4. The highest BCUT2D eigenvalue weighted by Gasteiger charge is 2.12. The second-order valence-corrected chi connectivity index (χ2v) is 6.10. The maximum Gasteiger partial charge on any atom is 0.228 e. The van der Waals surface area contributed by atoms with E-state index in [4.69, 9.17) is 4.52 Å². The quantitative estimate of drug-likeness (QED) is 0.530. The van der Waals surface area contributed by atoms with Crippen molar-refractivity contribution in [3.8, 4) is 0 Å². The lowest BCUT2D eigenvalue weighted by atomic mass is 10.2. The van der Waals surface area contributed by atoms with Gasteiger partial charge in [-0.2, -0.15) is 4.98 Å². The van der Waals surface area contributed by atoms with Crippen LogP contribution in [0, 0.1) is 6.92 Å². The Balaban J connectivity index is 2.43. The lowest BCUT2D eigenvalue weighted by Crippen LogP contribution is -2.41. The number of aliphatic imine (C=N–C) groups is 1. The first-order chi connectivity index (χ1) is 10.9. The number of aromatic nitrogens is 2. The average Bonchev–Trinajstić information content (AvgIpc) is 2.88. The molecule has 0 bridgehead atoms. The number of hydrogen-bond donors (Lipinski definition) is 2. The molecule has 0 unspecified atom stereocenters. The molecule has 2 N–H and O–H groups in total. The molecule has 0 atom stereocenters. The van der Waals surface area contributed by atoms with Crippen molar-refractivity contribution < 1.29 is 4.52 Å². The molecular weight excluding hydrogens is 292 g/mol. The van der Waals surface area contributed by atoms with Crippen LogP contribution in [0.4, 0.5) is 0 Å². The van der Waals surface area contributed by atoms with Gasteiger partial charge in [0.25, 0.3) is 0 Å². The summed E-state index contributed by atoms with van der Waals surface area (Å²) in [5, 5.41) is 10.4. The third-order valence-corrected chi connectivity index (χ3v) is 3.50. The lowest BCUT2D eigenvalue weighted by Gasteiger charge is -2.29. The first-order valence-electron chi connectivity index (χ1n) is 8.51. The number of hydrogen-bond acceptors (Lipinski definition) is 5. The summed E-state index contributed by atoms with van der Waals surface area (Å²) in [6.45, 7) is 16.0. The van der Waals surface area contributed by atoms with Crippen LogP contribution in [-0.2, 0) is 6.42 Å². The third-order valence-electron chi connectivity index (χ3n) is 3.50. The van der Waals surface area contributed by atoms with Crippen LogP contribution in [0.1, 0.15) is 46.3 Å². The fourth-order valence-corrected chi connectivity index (χ4v) is 2.46. The van der Waals surface area contributed by atoms with E-state index in [0.29, 0.717) is 36.8 Å². The van der Waals surface area contributed by atoms with Crippen LogP contribution in [0.25, 0.3) is 0 Å². The van der Waals surface area contributed by atoms with Crippen LogP contribution < -0.4 is 10.6 Å². The fourth-order valence-electron chi connectivity index (χ4n) is 2.46. The Morgan fingerprint density at radius 1 is 1.22 bits per heavy atom. The molecule has 132 valence electrons. The van der Waals surface area contributed by atoms with Crippen molar-refractivity contribution >= 4 is 5.96 Å². The average molecular weight is 324 g/mol. The maximum atomic E-state index is 5.10. The van der Waals surface area contributed by atoms with Gasteiger partial charge in [-0.3, -0.25) is 9.89 Å². The summed E-state index contributed by atoms with van der Waals surface area (Å²) in [5.41, 5.74) is 0. The smallest absolute Gasteiger partial charge is 0.228 e. The minimum Gasteiger partial charge on any atom is -0.357 e. The van der Waals surface area contributed by atoms with Gasteiger partial charge in [0, 0.05) is 38.1 Å². The Hall–Kier alpha value is -1.63. The molecule has 23 heavy (non-hydrogen) atoms. The highest BCUT2D eigenvalue weighted by molar-refractivity contribution is 5.79. The zero-order valence-electron chi connectivity index (χ0n) is 15.4. The van der Waals surface area contributed by atoms with Crippen LogP contribution in [0.15, 0.2) is 9.52 Å². The van der Waals surface area contributed by atoms with Gasteiger partial charge in [0.2, 0.25) is 5.89 Å². The molecule has 0 aliphatic rings. The summed E-state index contributed by atoms with van der Waals surface area (Å²) in [4.78, 5) is 11.3. The van der Waals surface area contributed by atoms with E-state index in [2.05, 4.69) is 65.3 Å². The second-order valence-electron chi connectivity index (χ2n) is 6.10. The number of nitrogens with one attached hydrogen (secondary N) is 2. The van der Waals surface area contributed by atoms with Gasteiger partial charge in [0.05, 0.1) is 6.54 Å². The van der Waals surface area contributed by atoms with E-state index in [1.165, 1.54) is 0 Å². The maximum absolute atomic E-state index is 5.10. The van der Waals surface area contributed by atoms with Gasteiger partial charge in [-0.05, 0) is 41.5 Å². The summed E-state index contributed by atoms with van der Waals surface area (Å²) in [5.74, 6) is 2.15. The Morgan fingerprint density at radius 2 is 1.91 bits per heavy atom. The summed E-state index contributed by atoms with van der Waals surface area (Å²) in [6, 6.07) is 1.06. The van der Waals surface area contributed by atoms with Crippen molar-refractivity contribution in [3.63, 3.8) is 0 Å². The Bertz CT molecular complexity index is 461. The highest BCUT2D eigenvalue weighted by atomic mass is 16.5. The zero-order valence-corrected chi connectivity index (χ0v) is 15.4. The van der Waals surface area contributed by atoms with Gasteiger partial charge in [0.1, 0.15) is 0 Å². The molecule has 0 saturated heterocycles. The number of nitrogens with zero attached hydrogens (tertiary/aromatic N) is 4. The molecule has 0 fully saturated rings. The van der Waals surface area contributed by atoms with Crippen LogP contribution in [-0.4, -0.2) is 59.3 Å². The minimum absolute atomic E-state index is 0.529. The van der Waals surface area contributed by atoms with E-state index in [1.807, 2.05) is 6.92 Å². The summed E-state index contributed by atoms with van der Waals surface area (Å²) < 4.78 is 5.10. The molecule has 0 amide bonds. The molecule has 0 radical (unpaired) electrons. The number of aryl methyl sites for hydroxylation is 1. The monoisotopic (exact) mass is 324 g/mol. The topological polar surface area (TPSA) is 78.6 Å². The van der Waals surface area contributed by atoms with Crippen LogP contribution in [0.3, 0.4) is 0 Å². The van der Waals surface area contributed by atoms with Gasteiger partial charge in [-0.1, -0.05) is 5.16 Å². The van der Waals surface area contributed by atoms with Crippen molar-refractivity contribution in [1.29, 1.82) is 0 Å². The molecule has 1 heterocycles. The molecule has 1 rings (SSSR count). The van der Waals surface area contributed by atoms with Gasteiger partial charge in [-0.25, -0.2) is 0 Å². The van der Waals surface area contributed by atoms with Gasteiger partial charge < -0.3 is 15.2 Å². The van der Waals surface area contributed by atoms with E-state index in [0.717, 1.165) is 25.6 Å². The molecule has 0 aliphatic heterocycles. The SMILES string of the molecule is CCNC(=NCCN(C(C)C)C(C)C)NCCc1nc(C)no1. The molecule has 0 spiro atoms. The minimum atomic E-state index is 0.529. The standard InChI is InChI=1S/C16H32N6O/c1-7-17-16(18-9-8-15-20-14(6)21-23-15)19-10-11-22(12(2)3)13(4)5/h12-13H,7-11H2,1-6H3,(H2,17,18,19). The Kier molecular flexibility index (Phi) is 8.61. The molecule has 0 aromatic carbocycles. The van der Waals surface area contributed by atoms with Gasteiger partial charge >= 0.3 is 0 Å². The molecule has 0 aliphatic carbocycles. The van der Waals surface area contributed by atoms with E-state index in [-0.39, 0.29) is 0 Å². The van der Waals surface area contributed by atoms with Gasteiger partial charge in [0.15, 0.2) is 11.8 Å². The van der Waals surface area contributed by atoms with Crippen molar-refractivity contribution in [2.75, 3.05) is 26.2 Å². The molecule has 1 aromatic heterocycles. The molecular formula is C16H32N6O. The van der Waals surface area contributed by atoms with E-state index < -0.39 is 0 Å². The van der Waals surface area contributed by atoms with Crippen molar-refractivity contribution in [3.05, 3.63) is 11.7 Å². The van der Waals surface area contributed by atoms with Crippen molar-refractivity contribution in [2.45, 2.75) is 60.0 Å². The number of rotatable bonds is 9. The van der Waals surface area contributed by atoms with E-state index in [9.17, 15) is 0 Å². The predicted molar refractivity (Wildman–Crippen MR) is 93.7 cm³/mol. The molecule has 0 saturated carbocycles. The summed E-state index contributed by atoms with van der Waals surface area (Å²) in [6.07, 6.45) is 0.690. The van der Waals surface area contributed by atoms with E-state index in [1.54, 1.807) is 0 Å². The zero-order chi connectivity index (χ0) is 17.2. The fraction of sp³-hybridized carbons (Fsp3) is 0.812. The van der Waals surface area contributed by atoms with Crippen molar-refractivity contribution in [1.82, 2.24) is 25.7 Å². The largest absolute Gasteiger partial charge is 0.357 e. The lowest BCUT2D eigenvalue weighted by molar-refractivity contribution is 0.181. The summed E-state index contributed by atoms with van der Waals surface area (Å²) in [7, 11) is 0. The Labute approximate surface area is 139 Å². The van der Waals surface area contributed by atoms with E-state index >= 15 is 0 Å². The van der Waals surface area contributed by atoms with Gasteiger partial charge in [-0.15, -0.1) is 0 Å². The Morgan fingerprint density at radius 3 is 2.43 bits per heavy atom. The molecule has 7 heteroatoms. The third kappa shape index (κ3) is 7.45. The molecule has 1 aromatic rings. The normalized spacial score (nSPS) is 12.5. The number of guanidine groups is 1. The van der Waals surface area contributed by atoms with Crippen LogP contribution >= 0.6 is 0 Å². The predicted octanol–water partition coefficient (Wildman–Crippen LogP) is 1.59. The summed E-state index contributed by atoms with van der Waals surface area (Å²) >= 11 is 0. The van der Waals surface area contributed by atoms with Crippen LogP contribution in [0.2, 0.25) is 0 Å². The van der Waals surface area contributed by atoms with Crippen LogP contribution in [0.5, 0.6) is 0 Å². The molecule has 7 nitrogen and oxygen atoms in total. The second kappa shape index (κ2) is 10.2. The van der Waals surface area contributed by atoms with Crippen molar-refractivity contribution in [2.24, 2.45) is 4.99 Å². The highest BCUT2D eigenvalue weighted by Crippen LogP contribution is 2.03. The first-order valence-corrected chi connectivity index (χ1v) is 8.51.